The van der Waals surface area contributed by atoms with E-state index >= 15 is 0 Å². The molecule has 0 radical (unpaired) electrons. The molecule has 0 aromatic carbocycles. The minimum atomic E-state index is -0.404. The standard InChI is InChI=1S/C14H18N4O3S2/c1-8(2)6-21-12(20)11-9(3)17-14(23-11)18-10(19)7-22-13-15-4-5-16-13/h4-5,8H,6-7H2,1-3H3,(H,15,16)(H,17,18,19). The molecule has 124 valence electrons. The highest BCUT2D eigenvalue weighted by Crippen LogP contribution is 2.24. The molecule has 1 amide bonds. The van der Waals surface area contributed by atoms with E-state index in [4.69, 9.17) is 4.74 Å². The average Bonchev–Trinajstić information content (AvgIpc) is 3.12. The number of nitrogens with zero attached hydrogens (tertiary/aromatic N) is 2. The number of anilines is 1. The average molecular weight is 354 g/mol. The van der Waals surface area contributed by atoms with Crippen molar-refractivity contribution in [3.05, 3.63) is 23.0 Å². The number of amides is 1. The van der Waals surface area contributed by atoms with Crippen LogP contribution in [0.4, 0.5) is 5.13 Å². The van der Waals surface area contributed by atoms with Crippen LogP contribution >= 0.6 is 23.1 Å². The summed E-state index contributed by atoms with van der Waals surface area (Å²) in [6.07, 6.45) is 3.32. The van der Waals surface area contributed by atoms with Gasteiger partial charge in [0.2, 0.25) is 5.91 Å². The van der Waals surface area contributed by atoms with Gasteiger partial charge in [-0.25, -0.2) is 14.8 Å². The van der Waals surface area contributed by atoms with Gasteiger partial charge in [0.15, 0.2) is 10.3 Å². The number of H-pyrrole nitrogens is 1. The van der Waals surface area contributed by atoms with Crippen molar-refractivity contribution < 1.29 is 14.3 Å². The number of carbonyl (C=O) groups is 2. The van der Waals surface area contributed by atoms with Gasteiger partial charge in [-0.3, -0.25) is 4.79 Å². The van der Waals surface area contributed by atoms with Gasteiger partial charge in [0.25, 0.3) is 0 Å². The van der Waals surface area contributed by atoms with Gasteiger partial charge in [-0.2, -0.15) is 0 Å². The normalized spacial score (nSPS) is 10.8. The summed E-state index contributed by atoms with van der Waals surface area (Å²) in [5.74, 6) is -0.134. The van der Waals surface area contributed by atoms with Crippen LogP contribution in [0.1, 0.15) is 29.2 Å². The number of esters is 1. The van der Waals surface area contributed by atoms with E-state index in [2.05, 4.69) is 20.3 Å². The van der Waals surface area contributed by atoms with Crippen LogP contribution in [0, 0.1) is 12.8 Å². The molecule has 0 bridgehead atoms. The molecule has 2 heterocycles. The number of nitrogens with one attached hydrogen (secondary N) is 2. The molecular formula is C14H18N4O3S2. The highest BCUT2D eigenvalue weighted by Gasteiger charge is 2.18. The zero-order valence-corrected chi connectivity index (χ0v) is 14.7. The number of thioether (sulfide) groups is 1. The van der Waals surface area contributed by atoms with Gasteiger partial charge in [0.1, 0.15) is 4.88 Å². The molecule has 0 saturated carbocycles. The number of thiazole rings is 1. The second-order valence-electron chi connectivity index (χ2n) is 5.16. The van der Waals surface area contributed by atoms with E-state index < -0.39 is 5.97 Å². The Hall–Kier alpha value is -1.87. The Balaban J connectivity index is 1.89. The van der Waals surface area contributed by atoms with Gasteiger partial charge < -0.3 is 15.0 Å². The third-order valence-corrected chi connectivity index (χ3v) is 4.55. The van der Waals surface area contributed by atoms with Crippen LogP contribution in [0.2, 0.25) is 0 Å². The molecule has 2 N–H and O–H groups in total. The Bertz CT molecular complexity index is 668. The summed E-state index contributed by atoms with van der Waals surface area (Å²) >= 11 is 2.41. The molecule has 2 rings (SSSR count). The predicted octanol–water partition coefficient (Wildman–Crippen LogP) is 2.72. The van der Waals surface area contributed by atoms with Crippen molar-refractivity contribution in [3.8, 4) is 0 Å². The third kappa shape index (κ3) is 5.36. The number of rotatable bonds is 7. The zero-order valence-electron chi connectivity index (χ0n) is 13.1. The predicted molar refractivity (Wildman–Crippen MR) is 89.9 cm³/mol. The molecule has 0 aliphatic rings. The van der Waals surface area contributed by atoms with Gasteiger partial charge in [-0.15, -0.1) is 0 Å². The first-order chi connectivity index (χ1) is 11.0. The van der Waals surface area contributed by atoms with Gasteiger partial charge in [-0.05, 0) is 12.8 Å². The van der Waals surface area contributed by atoms with E-state index in [1.165, 1.54) is 11.8 Å². The first-order valence-corrected chi connectivity index (χ1v) is 8.82. The molecule has 0 aliphatic carbocycles. The number of aryl methyl sites for hydroxylation is 1. The van der Waals surface area contributed by atoms with Crippen LogP contribution in [0.25, 0.3) is 0 Å². The summed E-state index contributed by atoms with van der Waals surface area (Å²) in [6.45, 7) is 6.01. The number of hydrogen-bond donors (Lipinski definition) is 2. The van der Waals surface area contributed by atoms with Crippen molar-refractivity contribution in [1.82, 2.24) is 15.0 Å². The van der Waals surface area contributed by atoms with Crippen LogP contribution in [-0.2, 0) is 9.53 Å². The molecular weight excluding hydrogens is 336 g/mol. The number of ether oxygens (including phenoxy) is 1. The van der Waals surface area contributed by atoms with Crippen molar-refractivity contribution in [1.29, 1.82) is 0 Å². The van der Waals surface area contributed by atoms with Crippen molar-refractivity contribution in [2.24, 2.45) is 5.92 Å². The van der Waals surface area contributed by atoms with Crippen LogP contribution < -0.4 is 5.32 Å². The summed E-state index contributed by atoms with van der Waals surface area (Å²) in [4.78, 5) is 35.4. The van der Waals surface area contributed by atoms with E-state index in [0.717, 1.165) is 11.3 Å². The topological polar surface area (TPSA) is 97.0 Å². The maximum Gasteiger partial charge on any atom is 0.350 e. The lowest BCUT2D eigenvalue weighted by molar-refractivity contribution is -0.113. The lowest BCUT2D eigenvalue weighted by Gasteiger charge is -2.05. The van der Waals surface area contributed by atoms with Gasteiger partial charge >= 0.3 is 5.97 Å². The number of hydrogen-bond acceptors (Lipinski definition) is 7. The lowest BCUT2D eigenvalue weighted by atomic mass is 10.2. The van der Waals surface area contributed by atoms with E-state index in [1.807, 2.05) is 13.8 Å². The smallest absolute Gasteiger partial charge is 0.350 e. The van der Waals surface area contributed by atoms with Crippen LogP contribution in [0.3, 0.4) is 0 Å². The quantitative estimate of drug-likeness (QED) is 0.586. The molecule has 0 spiro atoms. The van der Waals surface area contributed by atoms with E-state index in [1.54, 1.807) is 19.3 Å². The minimum Gasteiger partial charge on any atom is -0.461 e. The molecule has 2 aromatic rings. The Labute approximate surface area is 142 Å². The van der Waals surface area contributed by atoms with Crippen molar-refractivity contribution >= 4 is 40.1 Å². The van der Waals surface area contributed by atoms with E-state index in [9.17, 15) is 9.59 Å². The Kier molecular flexibility index (Phi) is 6.17. The van der Waals surface area contributed by atoms with E-state index in [0.29, 0.717) is 27.5 Å². The molecule has 7 nitrogen and oxygen atoms in total. The second kappa shape index (κ2) is 8.11. The number of aromatic amines is 1. The minimum absolute atomic E-state index is 0.206. The molecule has 2 aromatic heterocycles. The molecule has 0 fully saturated rings. The molecule has 0 aliphatic heterocycles. The second-order valence-corrected chi connectivity index (χ2v) is 7.12. The molecule has 0 atom stereocenters. The first-order valence-electron chi connectivity index (χ1n) is 7.02. The molecule has 9 heteroatoms. The van der Waals surface area contributed by atoms with Crippen molar-refractivity contribution in [2.45, 2.75) is 25.9 Å². The van der Waals surface area contributed by atoms with Crippen molar-refractivity contribution in [3.63, 3.8) is 0 Å². The zero-order chi connectivity index (χ0) is 16.8. The number of imidazole rings is 1. The largest absolute Gasteiger partial charge is 0.461 e. The first kappa shape index (κ1) is 17.5. The summed E-state index contributed by atoms with van der Waals surface area (Å²) < 4.78 is 5.19. The van der Waals surface area contributed by atoms with Gasteiger partial charge in [0, 0.05) is 12.4 Å². The molecule has 0 unspecified atom stereocenters. The van der Waals surface area contributed by atoms with Gasteiger partial charge in [-0.1, -0.05) is 36.9 Å². The van der Waals surface area contributed by atoms with Crippen LogP contribution in [0.15, 0.2) is 17.6 Å². The fourth-order valence-corrected chi connectivity index (χ4v) is 3.07. The van der Waals surface area contributed by atoms with Crippen LogP contribution in [0.5, 0.6) is 0 Å². The monoisotopic (exact) mass is 354 g/mol. The Morgan fingerprint density at radius 3 is 2.91 bits per heavy atom. The fraction of sp³-hybridized carbons (Fsp3) is 0.429. The SMILES string of the molecule is Cc1nc(NC(=O)CSc2ncc[nH]2)sc1C(=O)OCC(C)C. The highest BCUT2D eigenvalue weighted by atomic mass is 32.2. The number of carbonyl (C=O) groups excluding carboxylic acids is 2. The molecule has 0 saturated heterocycles. The van der Waals surface area contributed by atoms with Crippen molar-refractivity contribution in [2.75, 3.05) is 17.7 Å². The maximum absolute atomic E-state index is 12.0. The maximum atomic E-state index is 12.0. The Morgan fingerprint density at radius 1 is 1.48 bits per heavy atom. The van der Waals surface area contributed by atoms with Crippen LogP contribution in [-0.4, -0.2) is 39.2 Å². The molecule has 23 heavy (non-hydrogen) atoms. The lowest BCUT2D eigenvalue weighted by Crippen LogP contribution is -2.13. The summed E-state index contributed by atoms with van der Waals surface area (Å²) in [5.41, 5.74) is 0.553. The summed E-state index contributed by atoms with van der Waals surface area (Å²) in [7, 11) is 0. The third-order valence-electron chi connectivity index (χ3n) is 2.59. The Morgan fingerprint density at radius 2 is 2.26 bits per heavy atom. The van der Waals surface area contributed by atoms with Gasteiger partial charge in [0.05, 0.1) is 18.1 Å². The van der Waals surface area contributed by atoms with E-state index in [-0.39, 0.29) is 17.6 Å². The number of aromatic nitrogens is 3. The summed E-state index contributed by atoms with van der Waals surface area (Å²) in [5, 5.41) is 3.75. The fourth-order valence-electron chi connectivity index (χ4n) is 1.57. The highest BCUT2D eigenvalue weighted by molar-refractivity contribution is 7.99. The summed E-state index contributed by atoms with van der Waals surface area (Å²) in [6, 6.07) is 0.